The maximum atomic E-state index is 13.0. The Kier molecular flexibility index (Phi) is 4.94. The van der Waals surface area contributed by atoms with E-state index in [-0.39, 0.29) is 29.1 Å². The Morgan fingerprint density at radius 2 is 1.97 bits per heavy atom. The fraction of sp³-hybridized carbons (Fsp3) is 0.250. The number of hydrogen-bond donors (Lipinski definition) is 1. The standard InChI is InChI=1S/C20H20N6O3/c1-29-15-4-2-14(3-5-15)26-19(21)16(10-24-26)18(27)13-6-9-25(12-13)20(28)17-11-22-7-8-23-17/h2-5,7-8,10-11,13H,6,9,12,21H2,1H3/t13-/m1/s1. The summed E-state index contributed by atoms with van der Waals surface area (Å²) < 4.78 is 6.67. The van der Waals surface area contributed by atoms with Gasteiger partial charge in [0, 0.05) is 31.4 Å². The summed E-state index contributed by atoms with van der Waals surface area (Å²) in [5.41, 5.74) is 7.57. The third-order valence-electron chi connectivity index (χ3n) is 5.02. The predicted octanol–water partition coefficient (Wildman–Crippen LogP) is 1.60. The number of ketones is 1. The van der Waals surface area contributed by atoms with Gasteiger partial charge in [0.2, 0.25) is 0 Å². The summed E-state index contributed by atoms with van der Waals surface area (Å²) in [5, 5.41) is 4.27. The molecular formula is C20H20N6O3. The molecule has 1 amide bonds. The molecule has 2 aromatic heterocycles. The van der Waals surface area contributed by atoms with Gasteiger partial charge in [0.15, 0.2) is 5.78 Å². The van der Waals surface area contributed by atoms with E-state index in [2.05, 4.69) is 15.1 Å². The SMILES string of the molecule is COc1ccc(-n2ncc(C(=O)[C@@H]3CCN(C(=O)c4cnccn4)C3)c2N)cc1. The number of rotatable bonds is 5. The Morgan fingerprint density at radius 3 is 2.66 bits per heavy atom. The van der Waals surface area contributed by atoms with Crippen molar-refractivity contribution in [2.24, 2.45) is 5.92 Å². The molecule has 2 N–H and O–H groups in total. The minimum atomic E-state index is -0.327. The van der Waals surface area contributed by atoms with Crippen LogP contribution in [-0.2, 0) is 0 Å². The molecular weight excluding hydrogens is 372 g/mol. The highest BCUT2D eigenvalue weighted by Crippen LogP contribution is 2.26. The number of ether oxygens (including phenoxy) is 1. The van der Waals surface area contributed by atoms with Crippen LogP contribution in [0.25, 0.3) is 5.69 Å². The molecule has 0 unspecified atom stereocenters. The lowest BCUT2D eigenvalue weighted by Crippen LogP contribution is -2.30. The third kappa shape index (κ3) is 3.54. The summed E-state index contributed by atoms with van der Waals surface area (Å²) >= 11 is 0. The number of carbonyl (C=O) groups is 2. The van der Waals surface area contributed by atoms with Crippen molar-refractivity contribution in [3.8, 4) is 11.4 Å². The zero-order valence-electron chi connectivity index (χ0n) is 15.9. The zero-order valence-corrected chi connectivity index (χ0v) is 15.9. The number of aromatic nitrogens is 4. The van der Waals surface area contributed by atoms with E-state index in [0.717, 1.165) is 11.4 Å². The van der Waals surface area contributed by atoms with Gasteiger partial charge in [-0.15, -0.1) is 0 Å². The van der Waals surface area contributed by atoms with Gasteiger partial charge in [-0.2, -0.15) is 5.10 Å². The third-order valence-corrected chi connectivity index (χ3v) is 5.02. The van der Waals surface area contributed by atoms with Crippen LogP contribution < -0.4 is 10.5 Å². The quantitative estimate of drug-likeness (QED) is 0.656. The first-order valence-corrected chi connectivity index (χ1v) is 9.16. The molecule has 9 nitrogen and oxygen atoms in total. The minimum Gasteiger partial charge on any atom is -0.497 e. The Hall–Kier alpha value is -3.75. The average Bonchev–Trinajstić information content (AvgIpc) is 3.41. The number of nitrogen functional groups attached to an aromatic ring is 1. The Bertz CT molecular complexity index is 1030. The fourth-order valence-electron chi connectivity index (χ4n) is 3.43. The minimum absolute atomic E-state index is 0.114. The number of benzene rings is 1. The molecule has 3 heterocycles. The number of carbonyl (C=O) groups excluding carboxylic acids is 2. The molecule has 1 aliphatic heterocycles. The summed E-state index contributed by atoms with van der Waals surface area (Å²) in [6, 6.07) is 7.22. The van der Waals surface area contributed by atoms with Crippen molar-refractivity contribution in [1.29, 1.82) is 0 Å². The van der Waals surface area contributed by atoms with E-state index in [0.29, 0.717) is 25.1 Å². The van der Waals surface area contributed by atoms with Crippen molar-refractivity contribution in [2.45, 2.75) is 6.42 Å². The van der Waals surface area contributed by atoms with Gasteiger partial charge in [-0.3, -0.25) is 14.6 Å². The molecule has 0 aliphatic carbocycles. The first-order valence-electron chi connectivity index (χ1n) is 9.16. The molecule has 0 spiro atoms. The van der Waals surface area contributed by atoms with E-state index in [1.165, 1.54) is 29.5 Å². The van der Waals surface area contributed by atoms with Crippen LogP contribution in [0.3, 0.4) is 0 Å². The van der Waals surface area contributed by atoms with Crippen molar-refractivity contribution in [2.75, 3.05) is 25.9 Å². The Balaban J connectivity index is 1.49. The smallest absolute Gasteiger partial charge is 0.274 e. The van der Waals surface area contributed by atoms with Gasteiger partial charge in [0.1, 0.15) is 17.3 Å². The topological polar surface area (TPSA) is 116 Å². The maximum Gasteiger partial charge on any atom is 0.274 e. The number of hydrogen-bond acceptors (Lipinski definition) is 7. The molecule has 1 saturated heterocycles. The Labute approximate surface area is 167 Å². The van der Waals surface area contributed by atoms with Gasteiger partial charge < -0.3 is 15.4 Å². The first kappa shape index (κ1) is 18.6. The number of amides is 1. The lowest BCUT2D eigenvalue weighted by molar-refractivity contribution is 0.0774. The van der Waals surface area contributed by atoms with Gasteiger partial charge in [-0.05, 0) is 30.7 Å². The summed E-state index contributed by atoms with van der Waals surface area (Å²) in [6.45, 7) is 0.805. The van der Waals surface area contributed by atoms with Crippen LogP contribution >= 0.6 is 0 Å². The van der Waals surface area contributed by atoms with Gasteiger partial charge >= 0.3 is 0 Å². The number of nitrogens with zero attached hydrogens (tertiary/aromatic N) is 5. The van der Waals surface area contributed by atoms with Crippen LogP contribution in [0.5, 0.6) is 5.75 Å². The zero-order chi connectivity index (χ0) is 20.4. The molecule has 1 fully saturated rings. The van der Waals surface area contributed by atoms with Gasteiger partial charge in [-0.25, -0.2) is 9.67 Å². The first-order chi connectivity index (χ1) is 14.1. The van der Waals surface area contributed by atoms with Crippen LogP contribution in [0.1, 0.15) is 27.3 Å². The number of methoxy groups -OCH3 is 1. The summed E-state index contributed by atoms with van der Waals surface area (Å²) in [5.74, 6) is 0.326. The molecule has 0 bridgehead atoms. The molecule has 1 atom stereocenters. The molecule has 0 saturated carbocycles. The fourth-order valence-corrected chi connectivity index (χ4v) is 3.43. The summed E-state index contributed by atoms with van der Waals surface area (Å²) in [6.07, 6.45) is 6.46. The van der Waals surface area contributed by atoms with E-state index in [4.69, 9.17) is 10.5 Å². The second kappa shape index (κ2) is 7.70. The van der Waals surface area contributed by atoms with E-state index in [1.807, 2.05) is 12.1 Å². The maximum absolute atomic E-state index is 13.0. The molecule has 29 heavy (non-hydrogen) atoms. The van der Waals surface area contributed by atoms with Crippen LogP contribution in [-0.4, -0.2) is 56.5 Å². The van der Waals surface area contributed by atoms with Crippen LogP contribution in [0.15, 0.2) is 49.1 Å². The Morgan fingerprint density at radius 1 is 1.17 bits per heavy atom. The van der Waals surface area contributed by atoms with E-state index in [9.17, 15) is 9.59 Å². The number of Topliss-reactive ketones (excluding diaryl/α,β-unsaturated/α-hetero) is 1. The number of likely N-dealkylation sites (tertiary alicyclic amines) is 1. The largest absolute Gasteiger partial charge is 0.497 e. The lowest BCUT2D eigenvalue weighted by Gasteiger charge is -2.15. The predicted molar refractivity (Wildman–Crippen MR) is 105 cm³/mol. The normalized spacial score (nSPS) is 16.0. The van der Waals surface area contributed by atoms with Gasteiger partial charge in [0.25, 0.3) is 5.91 Å². The monoisotopic (exact) mass is 392 g/mol. The van der Waals surface area contributed by atoms with E-state index < -0.39 is 0 Å². The van der Waals surface area contributed by atoms with E-state index >= 15 is 0 Å². The van der Waals surface area contributed by atoms with Crippen molar-refractivity contribution >= 4 is 17.5 Å². The van der Waals surface area contributed by atoms with Gasteiger partial charge in [-0.1, -0.05) is 0 Å². The highest BCUT2D eigenvalue weighted by Gasteiger charge is 2.34. The van der Waals surface area contributed by atoms with Crippen molar-refractivity contribution in [3.63, 3.8) is 0 Å². The molecule has 1 aliphatic rings. The average molecular weight is 392 g/mol. The molecule has 0 radical (unpaired) electrons. The number of anilines is 1. The van der Waals surface area contributed by atoms with Crippen LogP contribution in [0, 0.1) is 5.92 Å². The van der Waals surface area contributed by atoms with E-state index in [1.54, 1.807) is 24.1 Å². The molecule has 148 valence electrons. The lowest BCUT2D eigenvalue weighted by atomic mass is 9.98. The van der Waals surface area contributed by atoms with Crippen LogP contribution in [0.4, 0.5) is 5.82 Å². The summed E-state index contributed by atoms with van der Waals surface area (Å²) in [7, 11) is 1.59. The number of nitrogens with two attached hydrogens (primary N) is 1. The second-order valence-electron chi connectivity index (χ2n) is 6.74. The van der Waals surface area contributed by atoms with Crippen molar-refractivity contribution in [3.05, 3.63) is 60.3 Å². The molecule has 1 aromatic carbocycles. The molecule has 4 rings (SSSR count). The second-order valence-corrected chi connectivity index (χ2v) is 6.74. The van der Waals surface area contributed by atoms with Crippen molar-refractivity contribution < 1.29 is 14.3 Å². The summed E-state index contributed by atoms with van der Waals surface area (Å²) in [4.78, 5) is 35.1. The van der Waals surface area contributed by atoms with Crippen LogP contribution in [0.2, 0.25) is 0 Å². The van der Waals surface area contributed by atoms with Gasteiger partial charge in [0.05, 0.1) is 30.8 Å². The molecule has 9 heteroatoms. The van der Waals surface area contributed by atoms with Crippen molar-refractivity contribution in [1.82, 2.24) is 24.6 Å². The highest BCUT2D eigenvalue weighted by atomic mass is 16.5. The highest BCUT2D eigenvalue weighted by molar-refractivity contribution is 6.02. The molecule has 3 aromatic rings.